The van der Waals surface area contributed by atoms with E-state index in [4.69, 9.17) is 4.74 Å². The van der Waals surface area contributed by atoms with Gasteiger partial charge in [-0.3, -0.25) is 9.69 Å². The van der Waals surface area contributed by atoms with Gasteiger partial charge in [0.15, 0.2) is 5.17 Å². The number of nitrogens with zero attached hydrogens (tertiary/aromatic N) is 3. The van der Waals surface area contributed by atoms with Gasteiger partial charge in [-0.2, -0.15) is 5.10 Å². The average Bonchev–Trinajstić information content (AvgIpc) is 3.20. The predicted molar refractivity (Wildman–Crippen MR) is 93.1 cm³/mol. The average molecular weight is 332 g/mol. The fraction of sp³-hybridized carbons (Fsp3) is 0.438. The number of nitrogens with one attached hydrogen (secondary N) is 1. The Morgan fingerprint density at radius 1 is 1.39 bits per heavy atom. The highest BCUT2D eigenvalue weighted by atomic mass is 32.2. The van der Waals surface area contributed by atoms with Gasteiger partial charge in [-0.15, -0.1) is 5.10 Å². The molecule has 2 aliphatic heterocycles. The summed E-state index contributed by atoms with van der Waals surface area (Å²) in [4.78, 5) is 13.5. The first-order valence-corrected chi connectivity index (χ1v) is 8.66. The highest BCUT2D eigenvalue weighted by Gasteiger charge is 2.16. The Hall–Kier alpha value is -1.86. The molecule has 1 amide bonds. The van der Waals surface area contributed by atoms with Gasteiger partial charge in [0.05, 0.1) is 19.1 Å². The molecule has 1 aromatic carbocycles. The van der Waals surface area contributed by atoms with Crippen molar-refractivity contribution in [3.05, 3.63) is 29.3 Å². The molecule has 0 aliphatic carbocycles. The predicted octanol–water partition coefficient (Wildman–Crippen LogP) is 1.84. The van der Waals surface area contributed by atoms with Gasteiger partial charge < -0.3 is 10.1 Å². The van der Waals surface area contributed by atoms with Crippen molar-refractivity contribution < 1.29 is 9.53 Å². The third-order valence-electron chi connectivity index (χ3n) is 3.84. The molecule has 122 valence electrons. The molecule has 0 radical (unpaired) electrons. The van der Waals surface area contributed by atoms with Crippen LogP contribution in [-0.4, -0.2) is 48.1 Å². The lowest BCUT2D eigenvalue weighted by molar-refractivity contribution is -0.116. The van der Waals surface area contributed by atoms with E-state index in [1.807, 2.05) is 12.1 Å². The van der Waals surface area contributed by atoms with Gasteiger partial charge >= 0.3 is 0 Å². The molecule has 7 heteroatoms. The summed E-state index contributed by atoms with van der Waals surface area (Å²) in [6.45, 7) is 3.18. The first-order valence-electron chi connectivity index (χ1n) is 7.67. The van der Waals surface area contributed by atoms with Crippen molar-refractivity contribution >= 4 is 29.1 Å². The monoisotopic (exact) mass is 332 g/mol. The van der Waals surface area contributed by atoms with E-state index >= 15 is 0 Å². The van der Waals surface area contributed by atoms with Gasteiger partial charge in [-0.05, 0) is 49.7 Å². The number of hydrogen-bond acceptors (Lipinski definition) is 6. The highest BCUT2D eigenvalue weighted by Crippen LogP contribution is 2.23. The van der Waals surface area contributed by atoms with Crippen LogP contribution < -0.4 is 10.1 Å². The normalized spacial score (nSPS) is 20.6. The third kappa shape index (κ3) is 4.33. The second kappa shape index (κ2) is 7.61. The zero-order valence-corrected chi connectivity index (χ0v) is 13.9. The molecular formula is C16H20N4O2S. The summed E-state index contributed by atoms with van der Waals surface area (Å²) in [5.41, 5.74) is 2.13. The molecular weight excluding hydrogens is 312 g/mol. The van der Waals surface area contributed by atoms with Gasteiger partial charge in [0.1, 0.15) is 5.75 Å². The van der Waals surface area contributed by atoms with Crippen LogP contribution in [0, 0.1) is 0 Å². The molecule has 2 fully saturated rings. The molecule has 1 N–H and O–H groups in total. The minimum atomic E-state index is -0.0266. The van der Waals surface area contributed by atoms with Crippen LogP contribution in [0.15, 0.2) is 28.4 Å². The molecule has 2 heterocycles. The van der Waals surface area contributed by atoms with Crippen molar-refractivity contribution in [1.82, 2.24) is 10.2 Å². The largest absolute Gasteiger partial charge is 0.496 e. The quantitative estimate of drug-likeness (QED) is 0.660. The number of likely N-dealkylation sites (tertiary alicyclic amines) is 1. The smallest absolute Gasteiger partial charge is 0.236 e. The van der Waals surface area contributed by atoms with E-state index in [9.17, 15) is 4.79 Å². The number of ether oxygens (including phenoxy) is 1. The Balaban J connectivity index is 1.70. The molecule has 0 spiro atoms. The van der Waals surface area contributed by atoms with Crippen molar-refractivity contribution in [3.63, 3.8) is 0 Å². The van der Waals surface area contributed by atoms with Gasteiger partial charge in [0.2, 0.25) is 5.91 Å². The molecule has 3 rings (SSSR count). The molecule has 6 nitrogen and oxygen atoms in total. The summed E-state index contributed by atoms with van der Waals surface area (Å²) in [5, 5.41) is 11.3. The van der Waals surface area contributed by atoms with Crippen molar-refractivity contribution in [2.45, 2.75) is 19.4 Å². The van der Waals surface area contributed by atoms with Crippen molar-refractivity contribution in [2.75, 3.05) is 26.0 Å². The minimum Gasteiger partial charge on any atom is -0.496 e. The number of rotatable bonds is 5. The summed E-state index contributed by atoms with van der Waals surface area (Å²) < 4.78 is 5.46. The van der Waals surface area contributed by atoms with E-state index in [1.165, 1.54) is 24.6 Å². The van der Waals surface area contributed by atoms with Crippen LogP contribution in [0.25, 0.3) is 0 Å². The van der Waals surface area contributed by atoms with Gasteiger partial charge in [0.25, 0.3) is 0 Å². The molecule has 0 unspecified atom stereocenters. The number of amidine groups is 1. The molecule has 2 saturated heterocycles. The second-order valence-electron chi connectivity index (χ2n) is 5.54. The Labute approximate surface area is 140 Å². The maximum absolute atomic E-state index is 11.1. The van der Waals surface area contributed by atoms with Crippen LogP contribution >= 0.6 is 11.8 Å². The molecule has 0 aromatic heterocycles. The van der Waals surface area contributed by atoms with Crippen LogP contribution in [0.3, 0.4) is 0 Å². The molecule has 2 aliphatic rings. The lowest BCUT2D eigenvalue weighted by atomic mass is 10.1. The van der Waals surface area contributed by atoms with E-state index in [1.54, 1.807) is 13.3 Å². The maximum atomic E-state index is 11.1. The van der Waals surface area contributed by atoms with E-state index < -0.39 is 0 Å². The van der Waals surface area contributed by atoms with Gasteiger partial charge in [-0.1, -0.05) is 11.8 Å². The van der Waals surface area contributed by atoms with E-state index in [-0.39, 0.29) is 5.91 Å². The minimum absolute atomic E-state index is 0.0266. The number of benzene rings is 1. The SMILES string of the molecule is COc1ccc(C=NN=C2NC(=O)CS2)cc1CN1CCCC1. The Morgan fingerprint density at radius 2 is 2.22 bits per heavy atom. The maximum Gasteiger partial charge on any atom is 0.236 e. The summed E-state index contributed by atoms with van der Waals surface area (Å²) in [5.74, 6) is 1.29. The van der Waals surface area contributed by atoms with Crippen molar-refractivity contribution in [2.24, 2.45) is 10.2 Å². The summed E-state index contributed by atoms with van der Waals surface area (Å²) >= 11 is 1.37. The molecule has 0 saturated carbocycles. The molecule has 0 bridgehead atoms. The number of methoxy groups -OCH3 is 1. The van der Waals surface area contributed by atoms with E-state index in [0.717, 1.165) is 36.5 Å². The Bertz CT molecular complexity index is 639. The number of carbonyl (C=O) groups excluding carboxylic acids is 1. The van der Waals surface area contributed by atoms with Crippen LogP contribution in [0.5, 0.6) is 5.75 Å². The first-order chi connectivity index (χ1) is 11.2. The Morgan fingerprint density at radius 3 is 2.91 bits per heavy atom. The van der Waals surface area contributed by atoms with Crippen LogP contribution in [-0.2, 0) is 11.3 Å². The lowest BCUT2D eigenvalue weighted by Crippen LogP contribution is -2.19. The number of hydrogen-bond donors (Lipinski definition) is 1. The number of thioether (sulfide) groups is 1. The zero-order chi connectivity index (χ0) is 16.1. The number of amides is 1. The number of carbonyl (C=O) groups is 1. The lowest BCUT2D eigenvalue weighted by Gasteiger charge is -2.17. The van der Waals surface area contributed by atoms with Crippen LogP contribution in [0.1, 0.15) is 24.0 Å². The molecule has 23 heavy (non-hydrogen) atoms. The molecule has 1 aromatic rings. The topological polar surface area (TPSA) is 66.3 Å². The Kier molecular flexibility index (Phi) is 5.30. The van der Waals surface area contributed by atoms with Crippen molar-refractivity contribution in [3.8, 4) is 5.75 Å². The third-order valence-corrected chi connectivity index (χ3v) is 4.70. The summed E-state index contributed by atoms with van der Waals surface area (Å²) in [6.07, 6.45) is 4.24. The highest BCUT2D eigenvalue weighted by molar-refractivity contribution is 8.15. The van der Waals surface area contributed by atoms with E-state index in [2.05, 4.69) is 26.5 Å². The fourth-order valence-corrected chi connectivity index (χ4v) is 3.34. The molecule has 0 atom stereocenters. The summed E-state index contributed by atoms with van der Waals surface area (Å²) in [7, 11) is 1.70. The second-order valence-corrected chi connectivity index (χ2v) is 6.51. The van der Waals surface area contributed by atoms with E-state index in [0.29, 0.717) is 10.9 Å². The van der Waals surface area contributed by atoms with Crippen LogP contribution in [0.4, 0.5) is 0 Å². The van der Waals surface area contributed by atoms with Gasteiger partial charge in [-0.25, -0.2) is 0 Å². The summed E-state index contributed by atoms with van der Waals surface area (Å²) in [6, 6.07) is 6.00. The van der Waals surface area contributed by atoms with Crippen LogP contribution in [0.2, 0.25) is 0 Å². The standard InChI is InChI=1S/C16H20N4O2S/c1-22-14-5-4-12(8-13(14)10-20-6-2-3-7-20)9-17-19-16-18-15(21)11-23-16/h4-5,8-9H,2-3,6-7,10-11H2,1H3,(H,18,19,21). The van der Waals surface area contributed by atoms with Crippen molar-refractivity contribution in [1.29, 1.82) is 0 Å². The first kappa shape index (κ1) is 16.0. The zero-order valence-electron chi connectivity index (χ0n) is 13.1. The fourth-order valence-electron chi connectivity index (χ4n) is 2.71. The van der Waals surface area contributed by atoms with Gasteiger partial charge in [0, 0.05) is 12.1 Å².